The van der Waals surface area contributed by atoms with Gasteiger partial charge in [-0.2, -0.15) is 0 Å². The van der Waals surface area contributed by atoms with Crippen LogP contribution in [-0.2, 0) is 17.8 Å². The van der Waals surface area contributed by atoms with Crippen LogP contribution >= 0.6 is 11.3 Å². The Kier molecular flexibility index (Phi) is 5.93. The summed E-state index contributed by atoms with van der Waals surface area (Å²) in [5.41, 5.74) is 1.02. The van der Waals surface area contributed by atoms with E-state index in [1.807, 2.05) is 18.7 Å². The highest BCUT2D eigenvalue weighted by molar-refractivity contribution is 7.15. The highest BCUT2D eigenvalue weighted by Crippen LogP contribution is 2.31. The van der Waals surface area contributed by atoms with Gasteiger partial charge in [0.1, 0.15) is 0 Å². The maximum Gasteiger partial charge on any atom is 0.321 e. The van der Waals surface area contributed by atoms with Crippen LogP contribution in [0.5, 0.6) is 0 Å². The van der Waals surface area contributed by atoms with E-state index in [4.69, 9.17) is 0 Å². The Balaban J connectivity index is 1.52. The van der Waals surface area contributed by atoms with Gasteiger partial charge in [0.25, 0.3) is 0 Å². The summed E-state index contributed by atoms with van der Waals surface area (Å²) in [6.45, 7) is 5.20. The molecule has 1 aliphatic heterocycles. The van der Waals surface area contributed by atoms with Crippen molar-refractivity contribution in [3.8, 4) is 0 Å². The number of nitrogens with one attached hydrogen (secondary N) is 2. The molecule has 6 nitrogen and oxygen atoms in total. The zero-order chi connectivity index (χ0) is 17.8. The fourth-order valence-corrected chi connectivity index (χ4v) is 4.66. The summed E-state index contributed by atoms with van der Waals surface area (Å²) in [5.74, 6) is 1.01. The van der Waals surface area contributed by atoms with Crippen LogP contribution in [0.1, 0.15) is 62.9 Å². The van der Waals surface area contributed by atoms with Gasteiger partial charge in [-0.3, -0.25) is 10.1 Å². The largest absolute Gasteiger partial charge is 0.337 e. The zero-order valence-corrected chi connectivity index (χ0v) is 16.0. The van der Waals surface area contributed by atoms with E-state index in [0.29, 0.717) is 18.1 Å². The Labute approximate surface area is 153 Å². The average molecular weight is 365 g/mol. The summed E-state index contributed by atoms with van der Waals surface area (Å²) in [5, 5.41) is 6.20. The van der Waals surface area contributed by atoms with Crippen molar-refractivity contribution in [3.05, 3.63) is 10.6 Å². The van der Waals surface area contributed by atoms with Crippen molar-refractivity contribution in [2.45, 2.75) is 71.4 Å². The second kappa shape index (κ2) is 8.17. The molecular formula is C18H28N4O2S. The monoisotopic (exact) mass is 364 g/mol. The quantitative estimate of drug-likeness (QED) is 0.839. The van der Waals surface area contributed by atoms with Crippen LogP contribution in [0.2, 0.25) is 0 Å². The summed E-state index contributed by atoms with van der Waals surface area (Å²) in [6, 6.07) is -0.145. The van der Waals surface area contributed by atoms with E-state index >= 15 is 0 Å². The number of hydrogen-bond donors (Lipinski definition) is 2. The third kappa shape index (κ3) is 4.93. The Morgan fingerprint density at radius 1 is 1.32 bits per heavy atom. The van der Waals surface area contributed by atoms with Gasteiger partial charge in [0.15, 0.2) is 5.13 Å². The van der Waals surface area contributed by atoms with Crippen LogP contribution in [0, 0.1) is 5.92 Å². The first-order valence-electron chi connectivity index (χ1n) is 9.35. The molecule has 1 saturated carbocycles. The third-order valence-corrected chi connectivity index (χ3v) is 5.96. The number of aromatic nitrogens is 1. The second-order valence-electron chi connectivity index (χ2n) is 7.40. The van der Waals surface area contributed by atoms with Gasteiger partial charge in [-0.15, -0.1) is 0 Å². The lowest BCUT2D eigenvalue weighted by Crippen LogP contribution is -2.35. The summed E-state index contributed by atoms with van der Waals surface area (Å²) < 4.78 is 0. The SMILES string of the molecule is CC(C)NC(=O)Nc1nc2c(s1)CN(C(=O)CCC1CCCC1)CC2. The molecule has 7 heteroatoms. The molecule has 0 unspecified atom stereocenters. The molecule has 1 aromatic rings. The number of anilines is 1. The summed E-state index contributed by atoms with van der Waals surface area (Å²) in [4.78, 5) is 31.9. The first kappa shape index (κ1) is 18.2. The van der Waals surface area contributed by atoms with Gasteiger partial charge < -0.3 is 10.2 Å². The molecule has 1 aromatic heterocycles. The van der Waals surface area contributed by atoms with E-state index in [9.17, 15) is 9.59 Å². The molecule has 0 atom stereocenters. The molecule has 3 amide bonds. The maximum atomic E-state index is 12.5. The lowest BCUT2D eigenvalue weighted by atomic mass is 10.0. The van der Waals surface area contributed by atoms with E-state index < -0.39 is 0 Å². The van der Waals surface area contributed by atoms with Gasteiger partial charge >= 0.3 is 6.03 Å². The predicted octanol–water partition coefficient (Wildman–Crippen LogP) is 3.53. The molecule has 2 heterocycles. The van der Waals surface area contributed by atoms with E-state index in [1.54, 1.807) is 0 Å². The van der Waals surface area contributed by atoms with Gasteiger partial charge in [0.2, 0.25) is 5.91 Å². The molecule has 0 radical (unpaired) electrons. The number of carbonyl (C=O) groups excluding carboxylic acids is 2. The van der Waals surface area contributed by atoms with Crippen LogP contribution in [0.15, 0.2) is 0 Å². The van der Waals surface area contributed by atoms with E-state index in [-0.39, 0.29) is 18.0 Å². The van der Waals surface area contributed by atoms with Crippen molar-refractivity contribution < 1.29 is 9.59 Å². The topological polar surface area (TPSA) is 74.3 Å². The van der Waals surface area contributed by atoms with Crippen molar-refractivity contribution in [3.63, 3.8) is 0 Å². The lowest BCUT2D eigenvalue weighted by molar-refractivity contribution is -0.132. The standard InChI is InChI=1S/C18H28N4O2S/c1-12(2)19-17(24)21-18-20-14-9-10-22(11-15(14)25-18)16(23)8-7-13-5-3-4-6-13/h12-13H,3-11H2,1-2H3,(H2,19,20,21,24). The number of thiazole rings is 1. The molecule has 138 valence electrons. The maximum absolute atomic E-state index is 12.5. The third-order valence-electron chi connectivity index (χ3n) is 4.97. The van der Waals surface area contributed by atoms with Gasteiger partial charge in [-0.25, -0.2) is 9.78 Å². The minimum absolute atomic E-state index is 0.0857. The normalized spacial score (nSPS) is 17.6. The number of urea groups is 1. The minimum Gasteiger partial charge on any atom is -0.337 e. The first-order chi connectivity index (χ1) is 12.0. The highest BCUT2D eigenvalue weighted by Gasteiger charge is 2.25. The van der Waals surface area contributed by atoms with Crippen LogP contribution in [-0.4, -0.2) is 34.4 Å². The van der Waals surface area contributed by atoms with Crippen molar-refractivity contribution in [1.29, 1.82) is 0 Å². The van der Waals surface area contributed by atoms with Crippen LogP contribution < -0.4 is 10.6 Å². The molecule has 1 fully saturated rings. The van der Waals surface area contributed by atoms with Gasteiger partial charge in [0, 0.05) is 30.3 Å². The molecule has 0 aromatic carbocycles. The van der Waals surface area contributed by atoms with Gasteiger partial charge in [0.05, 0.1) is 12.2 Å². The molecule has 25 heavy (non-hydrogen) atoms. The molecule has 2 aliphatic rings. The fraction of sp³-hybridized carbons (Fsp3) is 0.722. The Bertz CT molecular complexity index is 623. The van der Waals surface area contributed by atoms with Gasteiger partial charge in [-0.1, -0.05) is 37.0 Å². The number of nitrogens with zero attached hydrogens (tertiary/aromatic N) is 2. The number of carbonyl (C=O) groups is 2. The predicted molar refractivity (Wildman–Crippen MR) is 99.7 cm³/mol. The van der Waals surface area contributed by atoms with Crippen LogP contribution in [0.3, 0.4) is 0 Å². The Morgan fingerprint density at radius 3 is 2.80 bits per heavy atom. The number of amides is 3. The number of rotatable bonds is 5. The number of fused-ring (bicyclic) bond motifs is 1. The molecular weight excluding hydrogens is 336 g/mol. The second-order valence-corrected chi connectivity index (χ2v) is 8.48. The van der Waals surface area contributed by atoms with E-state index in [0.717, 1.165) is 35.9 Å². The minimum atomic E-state index is -0.231. The molecule has 3 rings (SSSR count). The van der Waals surface area contributed by atoms with Crippen LogP contribution in [0.4, 0.5) is 9.93 Å². The van der Waals surface area contributed by atoms with E-state index in [1.165, 1.54) is 37.0 Å². The smallest absolute Gasteiger partial charge is 0.321 e. The van der Waals surface area contributed by atoms with E-state index in [2.05, 4.69) is 15.6 Å². The fourth-order valence-electron chi connectivity index (χ4n) is 3.64. The molecule has 0 bridgehead atoms. The van der Waals surface area contributed by atoms with Crippen molar-refractivity contribution in [2.24, 2.45) is 5.92 Å². The Morgan fingerprint density at radius 2 is 2.08 bits per heavy atom. The molecule has 2 N–H and O–H groups in total. The molecule has 0 spiro atoms. The molecule has 1 aliphatic carbocycles. The average Bonchev–Trinajstić information content (AvgIpc) is 3.19. The van der Waals surface area contributed by atoms with Crippen LogP contribution in [0.25, 0.3) is 0 Å². The highest BCUT2D eigenvalue weighted by atomic mass is 32.1. The van der Waals surface area contributed by atoms with Gasteiger partial charge in [-0.05, 0) is 26.2 Å². The first-order valence-corrected chi connectivity index (χ1v) is 10.2. The Hall–Kier alpha value is -1.63. The summed E-state index contributed by atoms with van der Waals surface area (Å²) >= 11 is 1.48. The lowest BCUT2D eigenvalue weighted by Gasteiger charge is -2.26. The zero-order valence-electron chi connectivity index (χ0n) is 15.1. The van der Waals surface area contributed by atoms with Crippen molar-refractivity contribution >= 4 is 28.4 Å². The van der Waals surface area contributed by atoms with Crippen molar-refractivity contribution in [1.82, 2.24) is 15.2 Å². The number of hydrogen-bond acceptors (Lipinski definition) is 4. The summed E-state index contributed by atoms with van der Waals surface area (Å²) in [7, 11) is 0. The van der Waals surface area contributed by atoms with Crippen molar-refractivity contribution in [2.75, 3.05) is 11.9 Å². The summed E-state index contributed by atoms with van der Waals surface area (Å²) in [6.07, 6.45) is 7.71. The molecule has 0 saturated heterocycles.